The Hall–Kier alpha value is -2.42. The Kier molecular flexibility index (Phi) is 4.08. The molecule has 1 heterocycles. The molecule has 3 heteroatoms. The average Bonchev–Trinajstić information content (AvgIpc) is 2.46. The SMILES string of the molecule is CN(C)c1ccc(/C=C\C(=O)c2cccnc2)cc1. The molecule has 96 valence electrons. The molecule has 0 bridgehead atoms. The van der Waals surface area contributed by atoms with Crippen molar-refractivity contribution in [3.63, 3.8) is 0 Å². The fourth-order valence-corrected chi connectivity index (χ4v) is 1.66. The van der Waals surface area contributed by atoms with Crippen LogP contribution in [0.15, 0.2) is 54.9 Å². The molecule has 19 heavy (non-hydrogen) atoms. The van der Waals surface area contributed by atoms with Gasteiger partial charge >= 0.3 is 0 Å². The Balaban J connectivity index is 2.08. The highest BCUT2D eigenvalue weighted by molar-refractivity contribution is 6.06. The number of hydrogen-bond donors (Lipinski definition) is 0. The lowest BCUT2D eigenvalue weighted by Crippen LogP contribution is -2.07. The summed E-state index contributed by atoms with van der Waals surface area (Å²) in [5, 5.41) is 0. The summed E-state index contributed by atoms with van der Waals surface area (Å²) in [5.41, 5.74) is 2.74. The van der Waals surface area contributed by atoms with E-state index in [-0.39, 0.29) is 5.78 Å². The van der Waals surface area contributed by atoms with E-state index in [2.05, 4.69) is 4.98 Å². The van der Waals surface area contributed by atoms with Gasteiger partial charge in [-0.2, -0.15) is 0 Å². The number of allylic oxidation sites excluding steroid dienone is 1. The van der Waals surface area contributed by atoms with Gasteiger partial charge in [0.15, 0.2) is 5.78 Å². The maximum Gasteiger partial charge on any atom is 0.187 e. The van der Waals surface area contributed by atoms with Crippen LogP contribution in [0.25, 0.3) is 6.08 Å². The summed E-state index contributed by atoms with van der Waals surface area (Å²) in [6, 6.07) is 11.5. The predicted octanol–water partition coefficient (Wildman–Crippen LogP) is 3.04. The van der Waals surface area contributed by atoms with Crippen molar-refractivity contribution in [2.75, 3.05) is 19.0 Å². The van der Waals surface area contributed by atoms with E-state index in [1.807, 2.05) is 49.3 Å². The smallest absolute Gasteiger partial charge is 0.187 e. The molecular formula is C16H16N2O. The Morgan fingerprint density at radius 2 is 1.89 bits per heavy atom. The Bertz CT molecular complexity index is 571. The summed E-state index contributed by atoms with van der Waals surface area (Å²) in [6.45, 7) is 0. The minimum absolute atomic E-state index is 0.0372. The standard InChI is InChI=1S/C16H16N2O/c1-18(2)15-8-5-13(6-9-15)7-10-16(19)14-4-3-11-17-12-14/h3-12H,1-2H3/b10-7-. The molecule has 2 rings (SSSR count). The van der Waals surface area contributed by atoms with E-state index in [0.29, 0.717) is 5.56 Å². The summed E-state index contributed by atoms with van der Waals surface area (Å²) in [5.74, 6) is -0.0372. The van der Waals surface area contributed by atoms with Gasteiger partial charge in [-0.25, -0.2) is 0 Å². The van der Waals surface area contributed by atoms with Crippen molar-refractivity contribution in [2.24, 2.45) is 0 Å². The Morgan fingerprint density at radius 3 is 2.47 bits per heavy atom. The lowest BCUT2D eigenvalue weighted by Gasteiger charge is -2.11. The highest BCUT2D eigenvalue weighted by atomic mass is 16.1. The molecule has 0 radical (unpaired) electrons. The molecule has 0 fully saturated rings. The van der Waals surface area contributed by atoms with Crippen molar-refractivity contribution in [1.82, 2.24) is 4.98 Å². The third-order valence-electron chi connectivity index (χ3n) is 2.78. The van der Waals surface area contributed by atoms with Crippen LogP contribution < -0.4 is 4.90 Å². The van der Waals surface area contributed by atoms with E-state index in [9.17, 15) is 4.79 Å². The number of ketones is 1. The first-order valence-corrected chi connectivity index (χ1v) is 6.06. The van der Waals surface area contributed by atoms with Gasteiger partial charge in [-0.15, -0.1) is 0 Å². The molecule has 0 spiro atoms. The summed E-state index contributed by atoms with van der Waals surface area (Å²) in [6.07, 6.45) is 6.61. The number of anilines is 1. The minimum atomic E-state index is -0.0372. The molecule has 0 saturated carbocycles. The van der Waals surface area contributed by atoms with E-state index < -0.39 is 0 Å². The topological polar surface area (TPSA) is 33.2 Å². The number of aromatic nitrogens is 1. The van der Waals surface area contributed by atoms with Crippen molar-refractivity contribution < 1.29 is 4.79 Å². The molecule has 0 atom stereocenters. The molecule has 2 aromatic rings. The largest absolute Gasteiger partial charge is 0.378 e. The van der Waals surface area contributed by atoms with Crippen LogP contribution in [0.1, 0.15) is 15.9 Å². The summed E-state index contributed by atoms with van der Waals surface area (Å²) >= 11 is 0. The number of carbonyl (C=O) groups excluding carboxylic acids is 1. The summed E-state index contributed by atoms with van der Waals surface area (Å²) in [4.78, 5) is 17.8. The zero-order valence-electron chi connectivity index (χ0n) is 11.1. The third kappa shape index (κ3) is 3.52. The van der Waals surface area contributed by atoms with Gasteiger partial charge < -0.3 is 4.90 Å². The van der Waals surface area contributed by atoms with E-state index in [1.165, 1.54) is 0 Å². The molecule has 0 aliphatic carbocycles. The zero-order valence-corrected chi connectivity index (χ0v) is 11.1. The predicted molar refractivity (Wildman–Crippen MR) is 78.4 cm³/mol. The van der Waals surface area contributed by atoms with Gasteiger partial charge in [0.1, 0.15) is 0 Å². The van der Waals surface area contributed by atoms with Crippen LogP contribution in [0.5, 0.6) is 0 Å². The number of pyridine rings is 1. The second-order valence-electron chi connectivity index (χ2n) is 4.43. The molecular weight excluding hydrogens is 236 g/mol. The molecule has 0 unspecified atom stereocenters. The quantitative estimate of drug-likeness (QED) is 0.619. The summed E-state index contributed by atoms with van der Waals surface area (Å²) in [7, 11) is 3.99. The molecule has 0 aliphatic rings. The molecule has 0 N–H and O–H groups in total. The van der Waals surface area contributed by atoms with Crippen LogP contribution in [-0.2, 0) is 0 Å². The van der Waals surface area contributed by atoms with E-state index in [0.717, 1.165) is 11.3 Å². The zero-order chi connectivity index (χ0) is 13.7. The highest BCUT2D eigenvalue weighted by Crippen LogP contribution is 2.13. The Morgan fingerprint density at radius 1 is 1.16 bits per heavy atom. The van der Waals surface area contributed by atoms with Gasteiger partial charge in [0, 0.05) is 37.7 Å². The fourth-order valence-electron chi connectivity index (χ4n) is 1.66. The van der Waals surface area contributed by atoms with Crippen LogP contribution in [0.3, 0.4) is 0 Å². The van der Waals surface area contributed by atoms with E-state index >= 15 is 0 Å². The third-order valence-corrected chi connectivity index (χ3v) is 2.78. The van der Waals surface area contributed by atoms with Gasteiger partial charge in [-0.1, -0.05) is 18.2 Å². The first-order valence-electron chi connectivity index (χ1n) is 6.06. The fraction of sp³-hybridized carbons (Fsp3) is 0.125. The van der Waals surface area contributed by atoms with Crippen molar-refractivity contribution in [3.05, 3.63) is 66.0 Å². The van der Waals surface area contributed by atoms with Gasteiger partial charge in [-0.3, -0.25) is 9.78 Å². The van der Waals surface area contributed by atoms with Crippen molar-refractivity contribution in [2.45, 2.75) is 0 Å². The summed E-state index contributed by atoms with van der Waals surface area (Å²) < 4.78 is 0. The van der Waals surface area contributed by atoms with Crippen LogP contribution in [0, 0.1) is 0 Å². The van der Waals surface area contributed by atoms with Crippen molar-refractivity contribution >= 4 is 17.5 Å². The van der Waals surface area contributed by atoms with E-state index in [1.54, 1.807) is 30.6 Å². The second kappa shape index (κ2) is 5.96. The van der Waals surface area contributed by atoms with Gasteiger partial charge in [0.25, 0.3) is 0 Å². The molecule has 0 saturated heterocycles. The maximum absolute atomic E-state index is 11.9. The van der Waals surface area contributed by atoms with Crippen molar-refractivity contribution in [3.8, 4) is 0 Å². The minimum Gasteiger partial charge on any atom is -0.378 e. The van der Waals surface area contributed by atoms with Crippen LogP contribution in [0.2, 0.25) is 0 Å². The molecule has 0 aliphatic heterocycles. The van der Waals surface area contributed by atoms with Gasteiger partial charge in [0.2, 0.25) is 0 Å². The first kappa shape index (κ1) is 13.0. The first-order chi connectivity index (χ1) is 9.16. The highest BCUT2D eigenvalue weighted by Gasteiger charge is 2.00. The number of carbonyl (C=O) groups is 1. The maximum atomic E-state index is 11.9. The van der Waals surface area contributed by atoms with E-state index in [4.69, 9.17) is 0 Å². The lowest BCUT2D eigenvalue weighted by molar-refractivity contribution is 0.104. The van der Waals surface area contributed by atoms with Crippen LogP contribution in [0.4, 0.5) is 5.69 Å². The number of benzene rings is 1. The molecule has 1 aromatic carbocycles. The average molecular weight is 252 g/mol. The number of rotatable bonds is 4. The van der Waals surface area contributed by atoms with Gasteiger partial charge in [-0.05, 0) is 35.9 Å². The monoisotopic (exact) mass is 252 g/mol. The molecule has 3 nitrogen and oxygen atoms in total. The Labute approximate surface area is 113 Å². The number of nitrogens with zero attached hydrogens (tertiary/aromatic N) is 2. The van der Waals surface area contributed by atoms with Crippen molar-refractivity contribution in [1.29, 1.82) is 0 Å². The second-order valence-corrected chi connectivity index (χ2v) is 4.43. The molecule has 1 aromatic heterocycles. The number of hydrogen-bond acceptors (Lipinski definition) is 3. The van der Waals surface area contributed by atoms with Crippen LogP contribution in [-0.4, -0.2) is 24.9 Å². The normalized spacial score (nSPS) is 10.6. The molecule has 0 amide bonds. The van der Waals surface area contributed by atoms with Crippen LogP contribution >= 0.6 is 0 Å². The lowest BCUT2D eigenvalue weighted by atomic mass is 10.1. The van der Waals surface area contributed by atoms with Gasteiger partial charge in [0.05, 0.1) is 0 Å².